The molecule has 1 amide bonds. The summed E-state index contributed by atoms with van der Waals surface area (Å²) in [6, 6.07) is 13.8. The molecule has 3 rings (SSSR count). The van der Waals surface area contributed by atoms with Gasteiger partial charge in [-0.1, -0.05) is 43.3 Å². The molecule has 1 aliphatic rings. The van der Waals surface area contributed by atoms with Crippen LogP contribution in [0.15, 0.2) is 48.5 Å². The molecule has 0 radical (unpaired) electrons. The lowest BCUT2D eigenvalue weighted by Crippen LogP contribution is -2.62. The smallest absolute Gasteiger partial charge is 0.242 e. The van der Waals surface area contributed by atoms with Crippen molar-refractivity contribution in [1.82, 2.24) is 4.90 Å². The number of nitrogens with zero attached hydrogens (tertiary/aromatic N) is 1. The first-order valence-corrected chi connectivity index (χ1v) is 7.49. The van der Waals surface area contributed by atoms with E-state index >= 15 is 0 Å². The zero-order valence-corrected chi connectivity index (χ0v) is 12.5. The van der Waals surface area contributed by atoms with Crippen LogP contribution in [0.1, 0.15) is 29.7 Å². The van der Waals surface area contributed by atoms with Crippen LogP contribution in [0.3, 0.4) is 0 Å². The molecule has 1 fully saturated rings. The van der Waals surface area contributed by atoms with Crippen LogP contribution in [0.5, 0.6) is 0 Å². The van der Waals surface area contributed by atoms with Gasteiger partial charge < -0.3 is 10.6 Å². The molecular weight excluding hydrogens is 279 g/mol. The lowest BCUT2D eigenvalue weighted by Gasteiger charge is -2.45. The number of aryl methyl sites for hydroxylation is 1. The zero-order chi connectivity index (χ0) is 15.7. The zero-order valence-electron chi connectivity index (χ0n) is 12.5. The predicted molar refractivity (Wildman–Crippen MR) is 83.5 cm³/mol. The van der Waals surface area contributed by atoms with Crippen LogP contribution < -0.4 is 5.73 Å². The van der Waals surface area contributed by atoms with Crippen molar-refractivity contribution < 1.29 is 9.18 Å². The maximum absolute atomic E-state index is 13.0. The normalized spacial score (nSPS) is 20.9. The molecular formula is C18H19FN2O. The number of likely N-dealkylation sites (tertiary alicyclic amines) is 1. The van der Waals surface area contributed by atoms with Crippen molar-refractivity contribution in [2.75, 3.05) is 0 Å². The number of carbonyl (C=O) groups is 1. The summed E-state index contributed by atoms with van der Waals surface area (Å²) in [4.78, 5) is 13.8. The lowest BCUT2D eigenvalue weighted by molar-refractivity contribution is -0.150. The molecule has 2 aromatic rings. The number of rotatable bonds is 4. The highest BCUT2D eigenvalue weighted by molar-refractivity contribution is 5.89. The fourth-order valence-corrected chi connectivity index (χ4v) is 2.88. The van der Waals surface area contributed by atoms with Crippen molar-refractivity contribution in [3.8, 4) is 0 Å². The molecule has 114 valence electrons. The van der Waals surface area contributed by atoms with Crippen molar-refractivity contribution in [3.05, 3.63) is 71.0 Å². The Morgan fingerprint density at radius 2 is 1.64 bits per heavy atom. The average Bonchev–Trinajstić information content (AvgIpc) is 2.56. The summed E-state index contributed by atoms with van der Waals surface area (Å²) in [6.45, 7) is 2.56. The van der Waals surface area contributed by atoms with Crippen LogP contribution in [0.2, 0.25) is 0 Å². The summed E-state index contributed by atoms with van der Waals surface area (Å²) in [5.74, 6) is -0.337. The van der Waals surface area contributed by atoms with E-state index in [9.17, 15) is 9.18 Å². The van der Waals surface area contributed by atoms with E-state index in [0.717, 1.165) is 17.5 Å². The number of hydrogen-bond donors (Lipinski definition) is 1. The predicted octanol–water partition coefficient (Wildman–Crippen LogP) is 2.80. The molecule has 0 aromatic heterocycles. The van der Waals surface area contributed by atoms with Gasteiger partial charge in [-0.25, -0.2) is 4.39 Å². The Morgan fingerprint density at radius 3 is 2.23 bits per heavy atom. The molecule has 2 aromatic carbocycles. The van der Waals surface area contributed by atoms with E-state index < -0.39 is 6.04 Å². The van der Waals surface area contributed by atoms with Crippen molar-refractivity contribution in [2.24, 2.45) is 5.73 Å². The first-order valence-electron chi connectivity index (χ1n) is 7.49. The Hall–Kier alpha value is -2.20. The van der Waals surface area contributed by atoms with E-state index in [0.29, 0.717) is 6.54 Å². The summed E-state index contributed by atoms with van der Waals surface area (Å²) in [6.07, 6.45) is 0.981. The van der Waals surface area contributed by atoms with Crippen LogP contribution in [0, 0.1) is 5.82 Å². The van der Waals surface area contributed by atoms with Gasteiger partial charge in [-0.3, -0.25) is 4.79 Å². The molecule has 3 nitrogen and oxygen atoms in total. The summed E-state index contributed by atoms with van der Waals surface area (Å²) >= 11 is 0. The van der Waals surface area contributed by atoms with Crippen LogP contribution in [0.4, 0.5) is 4.39 Å². The van der Waals surface area contributed by atoms with Gasteiger partial charge in [0.1, 0.15) is 11.9 Å². The van der Waals surface area contributed by atoms with E-state index in [1.54, 1.807) is 17.0 Å². The van der Waals surface area contributed by atoms with Crippen molar-refractivity contribution >= 4 is 5.91 Å². The Labute approximate surface area is 129 Å². The first kappa shape index (κ1) is 14.7. The van der Waals surface area contributed by atoms with Crippen LogP contribution in [-0.4, -0.2) is 16.8 Å². The van der Waals surface area contributed by atoms with Crippen LogP contribution in [-0.2, 0) is 17.8 Å². The number of carbonyl (C=O) groups excluding carboxylic acids is 1. The Kier molecular flexibility index (Phi) is 3.94. The van der Waals surface area contributed by atoms with E-state index in [1.807, 2.05) is 12.1 Å². The van der Waals surface area contributed by atoms with Gasteiger partial charge in [-0.2, -0.15) is 0 Å². The number of amides is 1. The molecule has 4 heteroatoms. The molecule has 0 saturated carbocycles. The molecule has 0 bridgehead atoms. The minimum Gasteiger partial charge on any atom is -0.328 e. The van der Waals surface area contributed by atoms with Crippen molar-refractivity contribution in [3.63, 3.8) is 0 Å². The molecule has 1 heterocycles. The second kappa shape index (κ2) is 5.89. The van der Waals surface area contributed by atoms with E-state index in [1.165, 1.54) is 17.7 Å². The highest BCUT2D eigenvalue weighted by Gasteiger charge is 2.45. The highest BCUT2D eigenvalue weighted by Crippen LogP contribution is 2.35. The fourth-order valence-electron chi connectivity index (χ4n) is 2.88. The SMILES string of the molecule is CCc1ccc(C2C(N)C(=O)N2Cc2ccc(F)cc2)cc1. The highest BCUT2D eigenvalue weighted by atomic mass is 19.1. The molecule has 2 atom stereocenters. The second-order valence-corrected chi connectivity index (χ2v) is 5.66. The van der Waals surface area contributed by atoms with Crippen molar-refractivity contribution in [2.45, 2.75) is 32.0 Å². The van der Waals surface area contributed by atoms with Gasteiger partial charge in [0.2, 0.25) is 5.91 Å². The van der Waals surface area contributed by atoms with Gasteiger partial charge in [-0.05, 0) is 35.2 Å². The molecule has 22 heavy (non-hydrogen) atoms. The van der Waals surface area contributed by atoms with Gasteiger partial charge in [0.15, 0.2) is 0 Å². The molecule has 0 aliphatic carbocycles. The minimum atomic E-state index is -0.493. The molecule has 2 N–H and O–H groups in total. The van der Waals surface area contributed by atoms with Crippen LogP contribution >= 0.6 is 0 Å². The molecule has 1 aliphatic heterocycles. The number of β-lactam (4-membered cyclic amide) rings is 1. The van der Waals surface area contributed by atoms with Gasteiger partial charge in [-0.15, -0.1) is 0 Å². The third-order valence-electron chi connectivity index (χ3n) is 4.24. The lowest BCUT2D eigenvalue weighted by atomic mass is 9.88. The molecule has 0 spiro atoms. The number of halogens is 1. The monoisotopic (exact) mass is 298 g/mol. The maximum Gasteiger partial charge on any atom is 0.242 e. The Balaban J connectivity index is 1.79. The summed E-state index contributed by atoms with van der Waals surface area (Å²) in [5, 5.41) is 0. The fraction of sp³-hybridized carbons (Fsp3) is 0.278. The largest absolute Gasteiger partial charge is 0.328 e. The van der Waals surface area contributed by atoms with E-state index in [2.05, 4.69) is 19.1 Å². The third-order valence-corrected chi connectivity index (χ3v) is 4.24. The quantitative estimate of drug-likeness (QED) is 0.882. The number of hydrogen-bond acceptors (Lipinski definition) is 2. The van der Waals surface area contributed by atoms with Crippen LogP contribution in [0.25, 0.3) is 0 Å². The number of benzene rings is 2. The van der Waals surface area contributed by atoms with E-state index in [4.69, 9.17) is 5.73 Å². The maximum atomic E-state index is 13.0. The van der Waals surface area contributed by atoms with Gasteiger partial charge >= 0.3 is 0 Å². The summed E-state index contributed by atoms with van der Waals surface area (Å²) < 4.78 is 13.0. The summed E-state index contributed by atoms with van der Waals surface area (Å²) in [7, 11) is 0. The Morgan fingerprint density at radius 1 is 1.05 bits per heavy atom. The summed E-state index contributed by atoms with van der Waals surface area (Å²) in [5.41, 5.74) is 9.19. The standard InChI is InChI=1S/C18H19FN2O/c1-2-12-3-7-14(8-4-12)17-16(20)18(22)21(17)11-13-5-9-15(19)10-6-13/h3-10,16-17H,2,11,20H2,1H3. The molecule has 2 unspecified atom stereocenters. The second-order valence-electron chi connectivity index (χ2n) is 5.66. The topological polar surface area (TPSA) is 46.3 Å². The average molecular weight is 298 g/mol. The van der Waals surface area contributed by atoms with Crippen molar-refractivity contribution in [1.29, 1.82) is 0 Å². The van der Waals surface area contributed by atoms with E-state index in [-0.39, 0.29) is 17.8 Å². The third kappa shape index (κ3) is 2.62. The van der Waals surface area contributed by atoms with Gasteiger partial charge in [0.05, 0.1) is 6.04 Å². The van der Waals surface area contributed by atoms with Gasteiger partial charge in [0, 0.05) is 6.54 Å². The molecule has 1 saturated heterocycles. The van der Waals surface area contributed by atoms with Gasteiger partial charge in [0.25, 0.3) is 0 Å². The first-order chi connectivity index (χ1) is 10.6. The number of nitrogens with two attached hydrogens (primary N) is 1. The Bertz CT molecular complexity index is 666. The minimum absolute atomic E-state index is 0.0612.